The van der Waals surface area contributed by atoms with Crippen molar-refractivity contribution in [2.24, 2.45) is 0 Å². The van der Waals surface area contributed by atoms with Crippen molar-refractivity contribution in [3.8, 4) is 0 Å². The predicted molar refractivity (Wildman–Crippen MR) is 70.8 cm³/mol. The number of hydrogen-bond donors (Lipinski definition) is 2. The van der Waals surface area contributed by atoms with Crippen molar-refractivity contribution in [3.05, 3.63) is 30.0 Å². The summed E-state index contributed by atoms with van der Waals surface area (Å²) in [5.74, 6) is 1.57. The average Bonchev–Trinajstić information content (AvgIpc) is 3.10. The number of nitrogens with one attached hydrogen (secondary N) is 2. The SMILES string of the molecule is Cc1nnc(CC(=O)Nc2cc([C@H]3C[CH]CC3)[nH]n2)o1. The van der Waals surface area contributed by atoms with Crippen LogP contribution >= 0.6 is 0 Å². The summed E-state index contributed by atoms with van der Waals surface area (Å²) in [7, 11) is 0. The summed E-state index contributed by atoms with van der Waals surface area (Å²) in [5, 5.41) is 17.3. The Kier molecular flexibility index (Phi) is 3.49. The molecule has 1 aliphatic carbocycles. The minimum absolute atomic E-state index is 0.0558. The number of aromatic nitrogens is 4. The lowest BCUT2D eigenvalue weighted by atomic mass is 10.0. The summed E-state index contributed by atoms with van der Waals surface area (Å²) >= 11 is 0. The van der Waals surface area contributed by atoms with Gasteiger partial charge in [-0.3, -0.25) is 9.89 Å². The van der Waals surface area contributed by atoms with Gasteiger partial charge in [-0.1, -0.05) is 0 Å². The Morgan fingerprint density at radius 1 is 1.55 bits per heavy atom. The van der Waals surface area contributed by atoms with Gasteiger partial charge in [-0.2, -0.15) is 5.10 Å². The van der Waals surface area contributed by atoms with E-state index in [0.717, 1.165) is 25.0 Å². The molecule has 2 aromatic heterocycles. The molecular weight excluding hydrogens is 258 g/mol. The molecule has 1 amide bonds. The Balaban J connectivity index is 1.58. The molecule has 0 saturated heterocycles. The van der Waals surface area contributed by atoms with Gasteiger partial charge in [0.15, 0.2) is 5.82 Å². The highest BCUT2D eigenvalue weighted by Crippen LogP contribution is 2.32. The maximum Gasteiger partial charge on any atom is 0.234 e. The molecule has 20 heavy (non-hydrogen) atoms. The van der Waals surface area contributed by atoms with E-state index < -0.39 is 0 Å². The van der Waals surface area contributed by atoms with Gasteiger partial charge in [0.2, 0.25) is 17.7 Å². The molecule has 1 fully saturated rings. The number of H-pyrrole nitrogens is 1. The Hall–Kier alpha value is -2.18. The van der Waals surface area contributed by atoms with Crippen LogP contribution < -0.4 is 5.32 Å². The zero-order chi connectivity index (χ0) is 13.9. The molecule has 0 spiro atoms. The third-order valence-corrected chi connectivity index (χ3v) is 3.36. The quantitative estimate of drug-likeness (QED) is 0.885. The Labute approximate surface area is 116 Å². The molecule has 1 aliphatic rings. The van der Waals surface area contributed by atoms with E-state index in [-0.39, 0.29) is 12.3 Å². The highest BCUT2D eigenvalue weighted by Gasteiger charge is 2.20. The minimum atomic E-state index is -0.218. The Morgan fingerprint density at radius 2 is 2.45 bits per heavy atom. The zero-order valence-electron chi connectivity index (χ0n) is 11.2. The van der Waals surface area contributed by atoms with Crippen LogP contribution in [0.5, 0.6) is 0 Å². The Morgan fingerprint density at radius 3 is 3.15 bits per heavy atom. The van der Waals surface area contributed by atoms with Crippen LogP contribution in [0.15, 0.2) is 10.5 Å². The first kappa shape index (κ1) is 12.8. The number of carbonyl (C=O) groups excluding carboxylic acids is 1. The highest BCUT2D eigenvalue weighted by molar-refractivity contribution is 5.90. The molecule has 2 aromatic rings. The first-order valence-corrected chi connectivity index (χ1v) is 6.66. The van der Waals surface area contributed by atoms with E-state index in [2.05, 4.69) is 32.1 Å². The van der Waals surface area contributed by atoms with Crippen LogP contribution in [0.1, 0.15) is 42.7 Å². The van der Waals surface area contributed by atoms with Crippen LogP contribution in [-0.4, -0.2) is 26.3 Å². The molecule has 0 unspecified atom stereocenters. The monoisotopic (exact) mass is 274 g/mol. The van der Waals surface area contributed by atoms with Gasteiger partial charge in [0.25, 0.3) is 0 Å². The van der Waals surface area contributed by atoms with Gasteiger partial charge in [0, 0.05) is 24.6 Å². The van der Waals surface area contributed by atoms with Gasteiger partial charge in [0.05, 0.1) is 0 Å². The number of aryl methyl sites for hydroxylation is 1. The fraction of sp³-hybridized carbons (Fsp3) is 0.462. The van der Waals surface area contributed by atoms with E-state index in [4.69, 9.17) is 4.42 Å². The van der Waals surface area contributed by atoms with Crippen molar-refractivity contribution in [2.45, 2.75) is 38.5 Å². The van der Waals surface area contributed by atoms with Crippen molar-refractivity contribution < 1.29 is 9.21 Å². The van der Waals surface area contributed by atoms with Crippen molar-refractivity contribution in [1.29, 1.82) is 0 Å². The largest absolute Gasteiger partial charge is 0.425 e. The lowest BCUT2D eigenvalue weighted by molar-refractivity contribution is -0.115. The van der Waals surface area contributed by atoms with Crippen LogP contribution in [0.3, 0.4) is 0 Å². The van der Waals surface area contributed by atoms with E-state index in [1.54, 1.807) is 6.92 Å². The van der Waals surface area contributed by atoms with E-state index in [1.165, 1.54) is 0 Å². The summed E-state index contributed by atoms with van der Waals surface area (Å²) in [5.41, 5.74) is 1.07. The van der Waals surface area contributed by atoms with E-state index in [9.17, 15) is 4.79 Å². The lowest BCUT2D eigenvalue weighted by Gasteiger charge is -2.03. The number of nitrogens with zero attached hydrogens (tertiary/aromatic N) is 3. The molecule has 0 aliphatic heterocycles. The predicted octanol–water partition coefficient (Wildman–Crippen LogP) is 1.75. The maximum atomic E-state index is 11.8. The van der Waals surface area contributed by atoms with Crippen molar-refractivity contribution in [3.63, 3.8) is 0 Å². The van der Waals surface area contributed by atoms with Gasteiger partial charge < -0.3 is 9.73 Å². The molecule has 105 valence electrons. The van der Waals surface area contributed by atoms with Crippen molar-refractivity contribution >= 4 is 11.7 Å². The van der Waals surface area contributed by atoms with Crippen LogP contribution in [0.4, 0.5) is 5.82 Å². The molecule has 2 heterocycles. The van der Waals surface area contributed by atoms with E-state index in [1.807, 2.05) is 6.07 Å². The third kappa shape index (κ3) is 2.87. The number of hydrogen-bond acceptors (Lipinski definition) is 5. The summed E-state index contributed by atoms with van der Waals surface area (Å²) < 4.78 is 5.16. The van der Waals surface area contributed by atoms with Crippen molar-refractivity contribution in [1.82, 2.24) is 20.4 Å². The molecule has 7 heteroatoms. The summed E-state index contributed by atoms with van der Waals surface area (Å²) in [4.78, 5) is 11.8. The van der Waals surface area contributed by atoms with Gasteiger partial charge in [-0.15, -0.1) is 10.2 Å². The van der Waals surface area contributed by atoms with Gasteiger partial charge in [0.1, 0.15) is 6.42 Å². The fourth-order valence-electron chi connectivity index (χ4n) is 2.38. The molecule has 1 atom stereocenters. The van der Waals surface area contributed by atoms with Crippen LogP contribution in [0, 0.1) is 13.3 Å². The van der Waals surface area contributed by atoms with Crippen LogP contribution in [0.2, 0.25) is 0 Å². The molecule has 3 rings (SSSR count). The maximum absolute atomic E-state index is 11.8. The Bertz CT molecular complexity index is 597. The number of carbonyl (C=O) groups is 1. The lowest BCUT2D eigenvalue weighted by Crippen LogP contribution is -2.14. The topological polar surface area (TPSA) is 96.7 Å². The molecule has 7 nitrogen and oxygen atoms in total. The minimum Gasteiger partial charge on any atom is -0.425 e. The summed E-state index contributed by atoms with van der Waals surface area (Å²) in [6, 6.07) is 1.89. The average molecular weight is 274 g/mol. The normalized spacial score (nSPS) is 15.7. The third-order valence-electron chi connectivity index (χ3n) is 3.36. The molecule has 1 saturated carbocycles. The molecule has 1 radical (unpaired) electrons. The highest BCUT2D eigenvalue weighted by atomic mass is 16.4. The number of anilines is 1. The number of rotatable bonds is 4. The standard InChI is InChI=1S/C13H16N5O2/c1-8-15-18-13(20-8)7-12(19)14-11-6-10(16-17-11)9-4-2-3-5-9/h2,6,9H,3-5,7H2,1H3,(H2,14,16,17,19)/t9-/m0/s1. The zero-order valence-corrected chi connectivity index (χ0v) is 11.2. The molecular formula is C13H16N5O2. The van der Waals surface area contributed by atoms with Crippen LogP contribution in [-0.2, 0) is 11.2 Å². The van der Waals surface area contributed by atoms with Crippen LogP contribution in [0.25, 0.3) is 0 Å². The van der Waals surface area contributed by atoms with Gasteiger partial charge in [-0.05, 0) is 25.7 Å². The second-order valence-electron chi connectivity index (χ2n) is 4.95. The second-order valence-corrected chi connectivity index (χ2v) is 4.95. The van der Waals surface area contributed by atoms with Crippen molar-refractivity contribution in [2.75, 3.05) is 5.32 Å². The van der Waals surface area contributed by atoms with Gasteiger partial charge in [-0.25, -0.2) is 0 Å². The molecule has 2 N–H and O–H groups in total. The summed E-state index contributed by atoms with van der Waals surface area (Å²) in [6.07, 6.45) is 5.68. The number of amides is 1. The number of aromatic amines is 1. The smallest absolute Gasteiger partial charge is 0.234 e. The first-order chi connectivity index (χ1) is 9.70. The molecule has 0 aromatic carbocycles. The molecule has 0 bridgehead atoms. The van der Waals surface area contributed by atoms with E-state index in [0.29, 0.717) is 23.5 Å². The fourth-order valence-corrected chi connectivity index (χ4v) is 2.38. The first-order valence-electron chi connectivity index (χ1n) is 6.66. The van der Waals surface area contributed by atoms with E-state index >= 15 is 0 Å². The second kappa shape index (κ2) is 5.44. The summed E-state index contributed by atoms with van der Waals surface area (Å²) in [6.45, 7) is 1.69. The van der Waals surface area contributed by atoms with Gasteiger partial charge >= 0.3 is 0 Å².